The predicted molar refractivity (Wildman–Crippen MR) is 106 cm³/mol. The first kappa shape index (κ1) is 18.4. The zero-order chi connectivity index (χ0) is 19.1. The Morgan fingerprint density at radius 3 is 2.52 bits per heavy atom. The lowest BCUT2D eigenvalue weighted by atomic mass is 10.2. The summed E-state index contributed by atoms with van der Waals surface area (Å²) in [6.07, 6.45) is 1.74. The number of amides is 2. The van der Waals surface area contributed by atoms with E-state index in [1.54, 1.807) is 18.1 Å². The van der Waals surface area contributed by atoms with Crippen LogP contribution < -0.4 is 10.1 Å². The molecular weight excluding hydrogens is 340 g/mol. The minimum Gasteiger partial charge on any atom is -0.492 e. The third-order valence-corrected chi connectivity index (χ3v) is 3.97. The normalized spacial score (nSPS) is 10.3. The van der Waals surface area contributed by atoms with Gasteiger partial charge in [0.15, 0.2) is 5.82 Å². The molecule has 1 N–H and O–H groups in total. The molecule has 0 saturated carbocycles. The van der Waals surface area contributed by atoms with Crippen LogP contribution in [0.1, 0.15) is 5.69 Å². The number of carbonyl (C=O) groups excluding carboxylic acids is 1. The van der Waals surface area contributed by atoms with Crippen molar-refractivity contribution in [2.24, 2.45) is 0 Å². The maximum Gasteiger partial charge on any atom is 0.321 e. The highest BCUT2D eigenvalue weighted by atomic mass is 16.5. The molecule has 1 aromatic heterocycles. The fraction of sp³-hybridized carbons (Fsp3) is 0.190. The first-order chi connectivity index (χ1) is 13.1. The van der Waals surface area contributed by atoms with Crippen molar-refractivity contribution in [2.45, 2.75) is 6.92 Å². The van der Waals surface area contributed by atoms with E-state index in [1.807, 2.05) is 67.6 Å². The van der Waals surface area contributed by atoms with Gasteiger partial charge < -0.3 is 15.0 Å². The number of aromatic nitrogens is 2. The van der Waals surface area contributed by atoms with Gasteiger partial charge in [0.1, 0.15) is 12.4 Å². The van der Waals surface area contributed by atoms with E-state index in [0.717, 1.165) is 17.0 Å². The van der Waals surface area contributed by atoms with E-state index in [4.69, 9.17) is 4.74 Å². The van der Waals surface area contributed by atoms with E-state index in [2.05, 4.69) is 15.3 Å². The third-order valence-electron chi connectivity index (χ3n) is 3.97. The lowest BCUT2D eigenvalue weighted by Gasteiger charge is -2.18. The molecule has 0 aliphatic carbocycles. The summed E-state index contributed by atoms with van der Waals surface area (Å²) in [6, 6.07) is 18.7. The third kappa shape index (κ3) is 5.28. The molecule has 2 aromatic carbocycles. The summed E-state index contributed by atoms with van der Waals surface area (Å²) in [5.74, 6) is 1.46. The van der Waals surface area contributed by atoms with E-state index < -0.39 is 0 Å². The lowest BCUT2D eigenvalue weighted by molar-refractivity contribution is 0.207. The molecule has 6 heteroatoms. The predicted octanol–water partition coefficient (Wildman–Crippen LogP) is 3.99. The van der Waals surface area contributed by atoms with E-state index in [9.17, 15) is 4.79 Å². The fourth-order valence-electron chi connectivity index (χ4n) is 2.43. The number of rotatable bonds is 6. The number of aryl methyl sites for hydroxylation is 1. The summed E-state index contributed by atoms with van der Waals surface area (Å²) >= 11 is 0. The van der Waals surface area contributed by atoms with Crippen LogP contribution >= 0.6 is 0 Å². The van der Waals surface area contributed by atoms with Gasteiger partial charge in [-0.25, -0.2) is 14.8 Å². The van der Waals surface area contributed by atoms with Gasteiger partial charge in [-0.05, 0) is 49.4 Å². The number of urea groups is 1. The molecular formula is C21H22N4O2. The van der Waals surface area contributed by atoms with Gasteiger partial charge in [0, 0.05) is 30.2 Å². The van der Waals surface area contributed by atoms with Crippen LogP contribution in [-0.2, 0) is 0 Å². The van der Waals surface area contributed by atoms with Crippen LogP contribution in [0.2, 0.25) is 0 Å². The highest BCUT2D eigenvalue weighted by molar-refractivity contribution is 5.89. The van der Waals surface area contributed by atoms with Crippen molar-refractivity contribution in [1.29, 1.82) is 0 Å². The van der Waals surface area contributed by atoms with Gasteiger partial charge in [-0.3, -0.25) is 0 Å². The topological polar surface area (TPSA) is 67.4 Å². The Labute approximate surface area is 158 Å². The molecule has 0 bridgehead atoms. The van der Waals surface area contributed by atoms with Crippen LogP contribution in [0.5, 0.6) is 5.75 Å². The van der Waals surface area contributed by atoms with Gasteiger partial charge in [-0.1, -0.05) is 18.2 Å². The van der Waals surface area contributed by atoms with Gasteiger partial charge in [0.25, 0.3) is 0 Å². The molecule has 0 fully saturated rings. The van der Waals surface area contributed by atoms with Gasteiger partial charge in [-0.15, -0.1) is 0 Å². The molecule has 0 spiro atoms. The van der Waals surface area contributed by atoms with Crippen molar-refractivity contribution in [3.63, 3.8) is 0 Å². The molecule has 3 rings (SSSR count). The number of hydrogen-bond donors (Lipinski definition) is 1. The van der Waals surface area contributed by atoms with Crippen LogP contribution in [0.3, 0.4) is 0 Å². The maximum atomic E-state index is 12.3. The Morgan fingerprint density at radius 1 is 1.07 bits per heavy atom. The summed E-state index contributed by atoms with van der Waals surface area (Å²) in [6.45, 7) is 2.84. The molecule has 0 saturated heterocycles. The zero-order valence-corrected chi connectivity index (χ0v) is 15.4. The molecule has 0 unspecified atom stereocenters. The SMILES string of the molecule is Cc1ccnc(-c2ccc(NC(=O)N(C)CCOc3ccccc3)cc2)n1. The van der Waals surface area contributed by atoms with Crippen molar-refractivity contribution in [3.8, 4) is 17.1 Å². The Bertz CT molecular complexity index is 882. The van der Waals surface area contributed by atoms with Gasteiger partial charge >= 0.3 is 6.03 Å². The van der Waals surface area contributed by atoms with Crippen LogP contribution in [0.25, 0.3) is 11.4 Å². The fourth-order valence-corrected chi connectivity index (χ4v) is 2.43. The van der Waals surface area contributed by atoms with E-state index >= 15 is 0 Å². The summed E-state index contributed by atoms with van der Waals surface area (Å²) < 4.78 is 5.62. The summed E-state index contributed by atoms with van der Waals surface area (Å²) in [4.78, 5) is 22.5. The second-order valence-corrected chi connectivity index (χ2v) is 6.11. The highest BCUT2D eigenvalue weighted by Gasteiger charge is 2.09. The Hall–Kier alpha value is -3.41. The van der Waals surface area contributed by atoms with Gasteiger partial charge in [0.2, 0.25) is 0 Å². The number of nitrogens with zero attached hydrogens (tertiary/aromatic N) is 3. The molecule has 27 heavy (non-hydrogen) atoms. The minimum atomic E-state index is -0.189. The van der Waals surface area contributed by atoms with Crippen LogP contribution in [0, 0.1) is 6.92 Å². The van der Waals surface area contributed by atoms with Gasteiger partial charge in [-0.2, -0.15) is 0 Å². The first-order valence-electron chi connectivity index (χ1n) is 8.72. The number of para-hydroxylation sites is 1. The smallest absolute Gasteiger partial charge is 0.321 e. The summed E-state index contributed by atoms with van der Waals surface area (Å²) in [5.41, 5.74) is 2.53. The van der Waals surface area contributed by atoms with E-state index in [1.165, 1.54) is 0 Å². The van der Waals surface area contributed by atoms with Gasteiger partial charge in [0.05, 0.1) is 6.54 Å². The zero-order valence-electron chi connectivity index (χ0n) is 15.4. The molecule has 3 aromatic rings. The molecule has 0 atom stereocenters. The molecule has 0 radical (unpaired) electrons. The standard InChI is InChI=1S/C21H22N4O2/c1-16-12-13-22-20(23-16)17-8-10-18(11-9-17)24-21(26)25(2)14-15-27-19-6-4-3-5-7-19/h3-13H,14-15H2,1-2H3,(H,24,26). The molecule has 1 heterocycles. The van der Waals surface area contributed by atoms with E-state index in [0.29, 0.717) is 24.7 Å². The average Bonchev–Trinajstić information content (AvgIpc) is 2.69. The second kappa shape index (κ2) is 8.80. The monoisotopic (exact) mass is 362 g/mol. The number of likely N-dealkylation sites (N-methyl/N-ethyl adjacent to an activating group) is 1. The molecule has 0 aliphatic rings. The van der Waals surface area contributed by atoms with Crippen molar-refractivity contribution >= 4 is 11.7 Å². The maximum absolute atomic E-state index is 12.3. The van der Waals surface area contributed by atoms with Crippen LogP contribution in [-0.4, -0.2) is 41.1 Å². The van der Waals surface area contributed by atoms with Crippen LogP contribution in [0.15, 0.2) is 66.9 Å². The van der Waals surface area contributed by atoms with Crippen molar-refractivity contribution < 1.29 is 9.53 Å². The Morgan fingerprint density at radius 2 is 1.81 bits per heavy atom. The number of carbonyl (C=O) groups is 1. The summed E-state index contributed by atoms with van der Waals surface area (Å²) in [7, 11) is 1.73. The van der Waals surface area contributed by atoms with Crippen LogP contribution in [0.4, 0.5) is 10.5 Å². The van der Waals surface area contributed by atoms with Crippen molar-refractivity contribution in [2.75, 3.05) is 25.5 Å². The Balaban J connectivity index is 1.51. The Kier molecular flexibility index (Phi) is 5.99. The number of anilines is 1. The average molecular weight is 362 g/mol. The van der Waals surface area contributed by atoms with Crippen molar-refractivity contribution in [1.82, 2.24) is 14.9 Å². The number of ether oxygens (including phenoxy) is 1. The number of nitrogens with one attached hydrogen (secondary N) is 1. The second-order valence-electron chi connectivity index (χ2n) is 6.11. The lowest BCUT2D eigenvalue weighted by Crippen LogP contribution is -2.34. The summed E-state index contributed by atoms with van der Waals surface area (Å²) in [5, 5.41) is 2.87. The molecule has 0 aliphatic heterocycles. The highest BCUT2D eigenvalue weighted by Crippen LogP contribution is 2.18. The molecule has 138 valence electrons. The number of hydrogen-bond acceptors (Lipinski definition) is 4. The molecule has 2 amide bonds. The van der Waals surface area contributed by atoms with Crippen molar-refractivity contribution in [3.05, 3.63) is 72.6 Å². The quantitative estimate of drug-likeness (QED) is 0.720. The first-order valence-corrected chi connectivity index (χ1v) is 8.72. The largest absolute Gasteiger partial charge is 0.492 e. The molecule has 6 nitrogen and oxygen atoms in total. The van der Waals surface area contributed by atoms with E-state index in [-0.39, 0.29) is 6.03 Å². The minimum absolute atomic E-state index is 0.189. The number of benzene rings is 2.